The SMILES string of the molecule is O=C(COC(=O)Cc1csc(-c2ccc(C(F)(F)F)cc2)n1)NC[C@@H]1CCCO1. The summed E-state index contributed by atoms with van der Waals surface area (Å²) < 4.78 is 48.2. The van der Waals surface area contributed by atoms with Crippen molar-refractivity contribution in [3.05, 3.63) is 40.9 Å². The fraction of sp³-hybridized carbons (Fsp3) is 0.421. The average molecular weight is 428 g/mol. The summed E-state index contributed by atoms with van der Waals surface area (Å²) in [5, 5.41) is 4.78. The molecule has 156 valence electrons. The lowest BCUT2D eigenvalue weighted by molar-refractivity contribution is -0.148. The van der Waals surface area contributed by atoms with E-state index in [1.807, 2.05) is 0 Å². The van der Waals surface area contributed by atoms with Crippen molar-refractivity contribution in [3.8, 4) is 10.6 Å². The molecule has 1 aromatic heterocycles. The van der Waals surface area contributed by atoms with Crippen molar-refractivity contribution < 1.29 is 32.2 Å². The largest absolute Gasteiger partial charge is 0.455 e. The predicted octanol–water partition coefficient (Wildman–Crippen LogP) is 3.21. The number of nitrogens with one attached hydrogen (secondary N) is 1. The van der Waals surface area contributed by atoms with Gasteiger partial charge in [-0.15, -0.1) is 11.3 Å². The van der Waals surface area contributed by atoms with Crippen LogP contribution < -0.4 is 5.32 Å². The predicted molar refractivity (Wildman–Crippen MR) is 99.2 cm³/mol. The highest BCUT2D eigenvalue weighted by atomic mass is 32.1. The van der Waals surface area contributed by atoms with Crippen molar-refractivity contribution in [2.24, 2.45) is 0 Å². The summed E-state index contributed by atoms with van der Waals surface area (Å²) in [6, 6.07) is 4.64. The van der Waals surface area contributed by atoms with Crippen LogP contribution in [-0.2, 0) is 31.7 Å². The number of thiazole rings is 1. The second kappa shape index (κ2) is 9.36. The molecule has 3 rings (SSSR count). The first kappa shape index (κ1) is 21.3. The van der Waals surface area contributed by atoms with E-state index in [2.05, 4.69) is 10.3 Å². The molecule has 2 heterocycles. The van der Waals surface area contributed by atoms with Crippen molar-refractivity contribution in [2.45, 2.75) is 31.5 Å². The van der Waals surface area contributed by atoms with Crippen LogP contribution in [0.25, 0.3) is 10.6 Å². The van der Waals surface area contributed by atoms with E-state index in [-0.39, 0.29) is 19.1 Å². The number of carbonyl (C=O) groups excluding carboxylic acids is 2. The molecular formula is C19H19F3N2O4S. The Balaban J connectivity index is 1.45. The summed E-state index contributed by atoms with van der Waals surface area (Å²) in [6.07, 6.45) is -2.65. The zero-order chi connectivity index (χ0) is 20.9. The molecule has 1 amide bonds. The minimum atomic E-state index is -4.40. The van der Waals surface area contributed by atoms with E-state index in [1.165, 1.54) is 23.5 Å². The van der Waals surface area contributed by atoms with Crippen LogP contribution in [0.4, 0.5) is 13.2 Å². The maximum atomic E-state index is 12.6. The van der Waals surface area contributed by atoms with E-state index in [9.17, 15) is 22.8 Å². The van der Waals surface area contributed by atoms with Crippen molar-refractivity contribution in [1.82, 2.24) is 10.3 Å². The first-order valence-corrected chi connectivity index (χ1v) is 9.85. The van der Waals surface area contributed by atoms with Gasteiger partial charge in [0.2, 0.25) is 0 Å². The number of halogens is 3. The number of rotatable bonds is 7. The molecule has 6 nitrogen and oxygen atoms in total. The number of hydrogen-bond donors (Lipinski definition) is 1. The Morgan fingerprint density at radius 3 is 2.69 bits per heavy atom. The van der Waals surface area contributed by atoms with Gasteiger partial charge in [-0.1, -0.05) is 12.1 Å². The van der Waals surface area contributed by atoms with Gasteiger partial charge in [-0.3, -0.25) is 9.59 Å². The number of alkyl halides is 3. The summed E-state index contributed by atoms with van der Waals surface area (Å²) in [6.45, 7) is 0.692. The number of aromatic nitrogens is 1. The molecule has 0 spiro atoms. The lowest BCUT2D eigenvalue weighted by Crippen LogP contribution is -2.35. The number of carbonyl (C=O) groups is 2. The molecule has 1 aliphatic heterocycles. The van der Waals surface area contributed by atoms with Gasteiger partial charge >= 0.3 is 12.1 Å². The second-order valence-corrected chi connectivity index (χ2v) is 7.35. The van der Waals surface area contributed by atoms with Gasteiger partial charge in [0.05, 0.1) is 23.8 Å². The van der Waals surface area contributed by atoms with E-state index in [1.54, 1.807) is 5.38 Å². The van der Waals surface area contributed by atoms with Crippen LogP contribution in [0.5, 0.6) is 0 Å². The third-order valence-electron chi connectivity index (χ3n) is 4.25. The molecule has 1 atom stereocenters. The first-order valence-electron chi connectivity index (χ1n) is 8.97. The Bertz CT molecular complexity index is 846. The number of esters is 1. The van der Waals surface area contributed by atoms with Gasteiger partial charge < -0.3 is 14.8 Å². The average Bonchev–Trinajstić information content (AvgIpc) is 3.36. The Labute approximate surface area is 169 Å². The van der Waals surface area contributed by atoms with Crippen LogP contribution in [0.15, 0.2) is 29.6 Å². The third kappa shape index (κ3) is 6.26. The van der Waals surface area contributed by atoms with Crippen molar-refractivity contribution in [1.29, 1.82) is 0 Å². The Morgan fingerprint density at radius 2 is 2.03 bits per heavy atom. The van der Waals surface area contributed by atoms with Gasteiger partial charge in [-0.05, 0) is 25.0 Å². The maximum absolute atomic E-state index is 12.6. The van der Waals surface area contributed by atoms with E-state index >= 15 is 0 Å². The summed E-state index contributed by atoms with van der Waals surface area (Å²) in [4.78, 5) is 27.8. The summed E-state index contributed by atoms with van der Waals surface area (Å²) >= 11 is 1.21. The topological polar surface area (TPSA) is 77.5 Å². The molecule has 1 saturated heterocycles. The van der Waals surface area contributed by atoms with Crippen LogP contribution in [-0.4, -0.2) is 42.7 Å². The van der Waals surface area contributed by atoms with Gasteiger partial charge in [-0.25, -0.2) is 4.98 Å². The highest BCUT2D eigenvalue weighted by molar-refractivity contribution is 7.13. The minimum Gasteiger partial charge on any atom is -0.455 e. The molecule has 1 N–H and O–H groups in total. The van der Waals surface area contributed by atoms with Crippen molar-refractivity contribution >= 4 is 23.2 Å². The lowest BCUT2D eigenvalue weighted by Gasteiger charge is -2.10. The van der Waals surface area contributed by atoms with Crippen molar-refractivity contribution in [3.63, 3.8) is 0 Å². The second-order valence-electron chi connectivity index (χ2n) is 6.50. The number of benzene rings is 1. The molecule has 0 aliphatic carbocycles. The van der Waals surface area contributed by atoms with Crippen LogP contribution >= 0.6 is 11.3 Å². The molecule has 2 aromatic rings. The zero-order valence-electron chi connectivity index (χ0n) is 15.3. The standard InChI is InChI=1S/C19H19F3N2O4S/c20-19(21,22)13-5-3-12(4-6-13)18-24-14(11-29-18)8-17(26)28-10-16(25)23-9-15-2-1-7-27-15/h3-6,11,15H,1-2,7-10H2,(H,23,25)/t15-/m0/s1. The van der Waals surface area contributed by atoms with E-state index in [0.29, 0.717) is 29.4 Å². The van der Waals surface area contributed by atoms with E-state index in [4.69, 9.17) is 9.47 Å². The number of ether oxygens (including phenoxy) is 2. The molecule has 0 bridgehead atoms. The van der Waals surface area contributed by atoms with Gasteiger partial charge in [0.15, 0.2) is 6.61 Å². The van der Waals surface area contributed by atoms with Gasteiger partial charge in [-0.2, -0.15) is 13.2 Å². The molecular weight excluding hydrogens is 409 g/mol. The molecule has 0 unspecified atom stereocenters. The highest BCUT2D eigenvalue weighted by Crippen LogP contribution is 2.31. The molecule has 10 heteroatoms. The number of nitrogens with zero attached hydrogens (tertiary/aromatic N) is 1. The normalized spacial score (nSPS) is 16.6. The Hall–Kier alpha value is -2.46. The number of amides is 1. The van der Waals surface area contributed by atoms with E-state index < -0.39 is 23.6 Å². The smallest absolute Gasteiger partial charge is 0.416 e. The van der Waals surface area contributed by atoms with Crippen LogP contribution in [0, 0.1) is 0 Å². The Morgan fingerprint density at radius 1 is 1.28 bits per heavy atom. The molecule has 29 heavy (non-hydrogen) atoms. The first-order chi connectivity index (χ1) is 13.8. The van der Waals surface area contributed by atoms with Crippen LogP contribution in [0.1, 0.15) is 24.1 Å². The molecule has 1 fully saturated rings. The summed E-state index contributed by atoms with van der Waals surface area (Å²) in [5.41, 5.74) is 0.213. The number of hydrogen-bond acceptors (Lipinski definition) is 6. The third-order valence-corrected chi connectivity index (χ3v) is 5.19. The molecule has 1 aliphatic rings. The van der Waals surface area contributed by atoms with Crippen molar-refractivity contribution in [2.75, 3.05) is 19.8 Å². The summed E-state index contributed by atoms with van der Waals surface area (Å²) in [7, 11) is 0. The molecule has 0 radical (unpaired) electrons. The van der Waals surface area contributed by atoms with Gasteiger partial charge in [0.1, 0.15) is 5.01 Å². The monoisotopic (exact) mass is 428 g/mol. The highest BCUT2D eigenvalue weighted by Gasteiger charge is 2.30. The molecule has 1 aromatic carbocycles. The summed E-state index contributed by atoms with van der Waals surface area (Å²) in [5.74, 6) is -1.01. The van der Waals surface area contributed by atoms with Crippen LogP contribution in [0.3, 0.4) is 0 Å². The fourth-order valence-electron chi connectivity index (χ4n) is 2.75. The fourth-order valence-corrected chi connectivity index (χ4v) is 3.58. The minimum absolute atomic E-state index is 0.00766. The maximum Gasteiger partial charge on any atom is 0.416 e. The Kier molecular flexibility index (Phi) is 6.86. The van der Waals surface area contributed by atoms with Gasteiger partial charge in [0.25, 0.3) is 5.91 Å². The quantitative estimate of drug-likeness (QED) is 0.686. The van der Waals surface area contributed by atoms with Crippen LogP contribution in [0.2, 0.25) is 0 Å². The molecule has 0 saturated carbocycles. The lowest BCUT2D eigenvalue weighted by atomic mass is 10.1. The van der Waals surface area contributed by atoms with E-state index in [0.717, 1.165) is 25.0 Å². The zero-order valence-corrected chi connectivity index (χ0v) is 16.1. The van der Waals surface area contributed by atoms with Gasteiger partial charge in [0, 0.05) is 24.1 Å².